The molecule has 0 aliphatic carbocycles. The van der Waals surface area contributed by atoms with Crippen molar-refractivity contribution in [2.75, 3.05) is 13.2 Å². The van der Waals surface area contributed by atoms with Gasteiger partial charge in [-0.25, -0.2) is 0 Å². The minimum absolute atomic E-state index is 0.0697. The van der Waals surface area contributed by atoms with Gasteiger partial charge in [0.25, 0.3) is 0 Å². The Balaban J connectivity index is 1.14. The lowest BCUT2D eigenvalue weighted by Gasteiger charge is -2.27. The van der Waals surface area contributed by atoms with Gasteiger partial charge >= 0.3 is 0 Å². The van der Waals surface area contributed by atoms with Gasteiger partial charge in [-0.3, -0.25) is 0 Å². The highest BCUT2D eigenvalue weighted by atomic mass is 32.1. The van der Waals surface area contributed by atoms with E-state index < -0.39 is 16.1 Å². The highest BCUT2D eigenvalue weighted by molar-refractivity contribution is 7.35. The zero-order chi connectivity index (χ0) is 31.7. The van der Waals surface area contributed by atoms with Crippen LogP contribution in [0.1, 0.15) is 49.7 Å². The SMILES string of the molecule is C[Si](C)(c1cc2cc3sc([Si](C)(C)c4ccccc4COC4CCCCO4)cc3cc2s1)c1ccccc1COC1CCCCO1. The molecule has 4 heterocycles. The molecule has 46 heavy (non-hydrogen) atoms. The summed E-state index contributed by atoms with van der Waals surface area (Å²) in [6, 6.07) is 27.7. The molecular formula is C38H46O4S2Si2. The summed E-state index contributed by atoms with van der Waals surface area (Å²) in [5, 5.41) is 5.66. The molecule has 2 atom stereocenters. The summed E-state index contributed by atoms with van der Waals surface area (Å²) in [5.41, 5.74) is 2.61. The van der Waals surface area contributed by atoms with E-state index in [0.717, 1.165) is 38.9 Å². The van der Waals surface area contributed by atoms with Crippen molar-refractivity contribution in [1.82, 2.24) is 0 Å². The van der Waals surface area contributed by atoms with E-state index in [9.17, 15) is 0 Å². The van der Waals surface area contributed by atoms with Crippen LogP contribution < -0.4 is 19.4 Å². The van der Waals surface area contributed by atoms with Crippen LogP contribution in [0.4, 0.5) is 0 Å². The number of hydrogen-bond donors (Lipinski definition) is 0. The molecule has 0 amide bonds. The lowest BCUT2D eigenvalue weighted by Crippen LogP contribution is -2.53. The average molecular weight is 687 g/mol. The molecule has 2 aliphatic heterocycles. The Bertz CT molecular complexity index is 1620. The maximum absolute atomic E-state index is 6.26. The van der Waals surface area contributed by atoms with E-state index in [1.807, 2.05) is 22.7 Å². The largest absolute Gasteiger partial charge is 0.353 e. The fourth-order valence-corrected chi connectivity index (χ4v) is 16.6. The summed E-state index contributed by atoms with van der Waals surface area (Å²) in [6.07, 6.45) is 6.50. The number of benzene rings is 3. The van der Waals surface area contributed by atoms with Crippen LogP contribution in [0.5, 0.6) is 0 Å². The first kappa shape index (κ1) is 32.4. The molecule has 8 heteroatoms. The molecule has 0 saturated carbocycles. The second-order valence-corrected chi connectivity index (χ2v) is 25.5. The Morgan fingerprint density at radius 1 is 0.609 bits per heavy atom. The van der Waals surface area contributed by atoms with E-state index in [1.165, 1.54) is 63.5 Å². The minimum atomic E-state index is -1.95. The van der Waals surface area contributed by atoms with E-state index in [0.29, 0.717) is 13.2 Å². The average Bonchev–Trinajstić information content (AvgIpc) is 3.71. The molecule has 0 N–H and O–H groups in total. The van der Waals surface area contributed by atoms with Crippen LogP contribution in [0.15, 0.2) is 72.8 Å². The van der Waals surface area contributed by atoms with Crippen molar-refractivity contribution in [3.05, 3.63) is 83.9 Å². The monoisotopic (exact) mass is 686 g/mol. The smallest absolute Gasteiger partial charge is 0.158 e. The molecule has 7 rings (SSSR count). The molecule has 4 nitrogen and oxygen atoms in total. The first-order valence-corrected chi connectivity index (χ1v) is 24.5. The third-order valence-electron chi connectivity index (χ3n) is 9.89. The second kappa shape index (κ2) is 13.8. The molecule has 2 fully saturated rings. The standard InChI is InChI=1S/C38H46O4S2Si2/c1-45(2,33-15-7-5-13-27(33)25-41-35-17-9-11-19-39-35)37-23-29-21-32-30(22-31(29)43-37)24-38(44-32)46(3,4)34-16-8-6-14-28(34)26-42-36-18-10-12-20-40-36/h5-8,13-16,21-24,35-36H,9-12,17-20,25-26H2,1-4H3. The summed E-state index contributed by atoms with van der Waals surface area (Å²) in [6.45, 7) is 12.8. The first-order chi connectivity index (χ1) is 22.3. The predicted molar refractivity (Wildman–Crippen MR) is 200 cm³/mol. The highest BCUT2D eigenvalue weighted by Crippen LogP contribution is 2.31. The maximum Gasteiger partial charge on any atom is 0.158 e. The third kappa shape index (κ3) is 6.73. The van der Waals surface area contributed by atoms with Gasteiger partial charge in [0, 0.05) is 22.6 Å². The first-order valence-electron chi connectivity index (χ1n) is 16.9. The Hall–Kier alpha value is -2.15. The van der Waals surface area contributed by atoms with Crippen molar-refractivity contribution >= 4 is 78.4 Å². The van der Waals surface area contributed by atoms with E-state index in [1.54, 1.807) is 0 Å². The molecule has 2 aliphatic rings. The van der Waals surface area contributed by atoms with Gasteiger partial charge in [0.2, 0.25) is 0 Å². The molecule has 0 bridgehead atoms. The molecule has 5 aromatic rings. The lowest BCUT2D eigenvalue weighted by atomic mass is 10.2. The van der Waals surface area contributed by atoms with Gasteiger partial charge in [-0.2, -0.15) is 0 Å². The Labute approximate surface area is 283 Å². The number of rotatable bonds is 10. The van der Waals surface area contributed by atoms with Crippen molar-refractivity contribution in [2.45, 2.75) is 90.5 Å². The predicted octanol–water partition coefficient (Wildman–Crippen LogP) is 7.85. The van der Waals surface area contributed by atoms with Gasteiger partial charge in [0.05, 0.1) is 13.2 Å². The van der Waals surface area contributed by atoms with E-state index in [4.69, 9.17) is 18.9 Å². The molecule has 0 spiro atoms. The number of hydrogen-bond acceptors (Lipinski definition) is 6. The van der Waals surface area contributed by atoms with Crippen molar-refractivity contribution < 1.29 is 18.9 Å². The normalized spacial score (nSPS) is 19.7. The fourth-order valence-electron chi connectivity index (χ4n) is 7.02. The van der Waals surface area contributed by atoms with Crippen LogP contribution in [-0.4, -0.2) is 41.9 Å². The van der Waals surface area contributed by atoms with Gasteiger partial charge in [-0.15, -0.1) is 22.7 Å². The van der Waals surface area contributed by atoms with Crippen molar-refractivity contribution in [3.63, 3.8) is 0 Å². The molecule has 3 aromatic carbocycles. The molecule has 2 saturated heterocycles. The van der Waals surface area contributed by atoms with Crippen LogP contribution in [0.25, 0.3) is 20.2 Å². The number of ether oxygens (including phenoxy) is 4. The Morgan fingerprint density at radius 3 is 1.46 bits per heavy atom. The topological polar surface area (TPSA) is 36.9 Å². The second-order valence-electron chi connectivity index (χ2n) is 13.9. The zero-order valence-corrected chi connectivity index (χ0v) is 31.2. The lowest BCUT2D eigenvalue weighted by molar-refractivity contribution is -0.169. The van der Waals surface area contributed by atoms with Crippen LogP contribution >= 0.6 is 22.7 Å². The molecule has 2 aromatic heterocycles. The summed E-state index contributed by atoms with van der Waals surface area (Å²) in [5.74, 6) is 0. The van der Waals surface area contributed by atoms with Crippen molar-refractivity contribution in [2.24, 2.45) is 0 Å². The molecular weight excluding hydrogens is 641 g/mol. The summed E-state index contributed by atoms with van der Waals surface area (Å²) >= 11 is 3.98. The Morgan fingerprint density at radius 2 is 1.04 bits per heavy atom. The Kier molecular flexibility index (Phi) is 9.69. The van der Waals surface area contributed by atoms with Crippen molar-refractivity contribution in [1.29, 1.82) is 0 Å². The van der Waals surface area contributed by atoms with Crippen LogP contribution in [0, 0.1) is 0 Å². The van der Waals surface area contributed by atoms with Gasteiger partial charge in [0.1, 0.15) is 16.1 Å². The summed E-state index contributed by atoms with van der Waals surface area (Å²) in [7, 11) is -3.90. The van der Waals surface area contributed by atoms with Crippen LogP contribution in [-0.2, 0) is 32.2 Å². The van der Waals surface area contributed by atoms with E-state index in [2.05, 4.69) is 99.0 Å². The highest BCUT2D eigenvalue weighted by Gasteiger charge is 2.33. The van der Waals surface area contributed by atoms with Gasteiger partial charge in [-0.1, -0.05) is 74.7 Å². The summed E-state index contributed by atoms with van der Waals surface area (Å²) in [4.78, 5) is 0. The van der Waals surface area contributed by atoms with Crippen LogP contribution in [0.2, 0.25) is 26.2 Å². The van der Waals surface area contributed by atoms with Gasteiger partial charge in [-0.05, 0) is 104 Å². The van der Waals surface area contributed by atoms with Gasteiger partial charge in [0.15, 0.2) is 12.6 Å². The van der Waals surface area contributed by atoms with Crippen molar-refractivity contribution in [3.8, 4) is 0 Å². The van der Waals surface area contributed by atoms with E-state index >= 15 is 0 Å². The van der Waals surface area contributed by atoms with E-state index in [-0.39, 0.29) is 12.6 Å². The molecule has 2 unspecified atom stereocenters. The van der Waals surface area contributed by atoms with Gasteiger partial charge < -0.3 is 18.9 Å². The summed E-state index contributed by atoms with van der Waals surface area (Å²) < 4.78 is 30.0. The fraction of sp³-hybridized carbons (Fsp3) is 0.421. The quantitative estimate of drug-likeness (QED) is 0.140. The number of fused-ring (bicyclic) bond motifs is 2. The molecule has 0 radical (unpaired) electrons. The molecule has 242 valence electrons. The minimum Gasteiger partial charge on any atom is -0.353 e. The number of thiophene rings is 2. The maximum atomic E-state index is 6.26. The third-order valence-corrected chi connectivity index (χ3v) is 21.8. The zero-order valence-electron chi connectivity index (χ0n) is 27.6. The van der Waals surface area contributed by atoms with Crippen LogP contribution in [0.3, 0.4) is 0 Å².